The molecule has 2 aliphatic carbocycles. The zero-order chi connectivity index (χ0) is 11.8. The van der Waals surface area contributed by atoms with E-state index in [-0.39, 0.29) is 0 Å². The van der Waals surface area contributed by atoms with E-state index >= 15 is 0 Å². The molecule has 3 atom stereocenters. The van der Waals surface area contributed by atoms with E-state index in [9.17, 15) is 0 Å². The maximum absolute atomic E-state index is 5.35. The van der Waals surface area contributed by atoms with Crippen molar-refractivity contribution in [2.24, 2.45) is 17.8 Å². The molecule has 3 rings (SSSR count). The zero-order valence-corrected chi connectivity index (χ0v) is 11.3. The van der Waals surface area contributed by atoms with E-state index in [4.69, 9.17) is 12.2 Å². The van der Waals surface area contributed by atoms with E-state index in [1.54, 1.807) is 0 Å². The lowest BCUT2D eigenvalue weighted by molar-refractivity contribution is 0.291. The molecule has 0 aliphatic heterocycles. The van der Waals surface area contributed by atoms with Crippen LogP contribution in [0.1, 0.15) is 44.9 Å². The van der Waals surface area contributed by atoms with Gasteiger partial charge in [0.05, 0.1) is 0 Å². The second-order valence-corrected chi connectivity index (χ2v) is 6.13. The monoisotopic (exact) mass is 251 g/mol. The van der Waals surface area contributed by atoms with Gasteiger partial charge in [-0.3, -0.25) is 5.10 Å². The molecule has 2 fully saturated rings. The molecule has 2 aliphatic rings. The van der Waals surface area contributed by atoms with Crippen LogP contribution in [0.5, 0.6) is 0 Å². The van der Waals surface area contributed by atoms with Gasteiger partial charge in [-0.05, 0) is 55.7 Å². The fourth-order valence-electron chi connectivity index (χ4n) is 3.79. The number of aromatic nitrogens is 3. The van der Waals surface area contributed by atoms with E-state index in [1.165, 1.54) is 25.7 Å². The van der Waals surface area contributed by atoms with Crippen molar-refractivity contribution in [1.82, 2.24) is 14.8 Å². The summed E-state index contributed by atoms with van der Waals surface area (Å²) in [6.45, 7) is 3.30. The molecule has 1 aromatic rings. The van der Waals surface area contributed by atoms with Crippen molar-refractivity contribution >= 4 is 12.2 Å². The number of H-pyrrole nitrogens is 1. The highest BCUT2D eigenvalue weighted by Gasteiger charge is 2.39. The maximum Gasteiger partial charge on any atom is 0.195 e. The number of aryl methyl sites for hydroxylation is 1. The quantitative estimate of drug-likeness (QED) is 0.833. The summed E-state index contributed by atoms with van der Waals surface area (Å²) in [6, 6.07) is 0. The van der Waals surface area contributed by atoms with Crippen LogP contribution in [0.15, 0.2) is 0 Å². The molecule has 0 radical (unpaired) electrons. The van der Waals surface area contributed by atoms with Gasteiger partial charge in [0.25, 0.3) is 0 Å². The number of rotatable bonds is 4. The largest absolute Gasteiger partial charge is 0.304 e. The molecule has 0 amide bonds. The lowest BCUT2D eigenvalue weighted by Gasteiger charge is -2.22. The van der Waals surface area contributed by atoms with Crippen LogP contribution in [0.3, 0.4) is 0 Å². The van der Waals surface area contributed by atoms with Crippen LogP contribution in [0.4, 0.5) is 0 Å². The third kappa shape index (κ3) is 2.07. The third-order valence-electron chi connectivity index (χ3n) is 4.61. The normalized spacial score (nSPS) is 31.2. The molecule has 2 bridgehead atoms. The van der Waals surface area contributed by atoms with E-state index in [1.807, 2.05) is 0 Å². The molecule has 3 nitrogen and oxygen atoms in total. The Bertz CT molecular complexity index is 448. The predicted octanol–water partition coefficient (Wildman–Crippen LogP) is 3.33. The smallest absolute Gasteiger partial charge is 0.195 e. The molecule has 0 aromatic carbocycles. The van der Waals surface area contributed by atoms with Gasteiger partial charge in [-0.2, -0.15) is 5.10 Å². The summed E-state index contributed by atoms with van der Waals surface area (Å²) >= 11 is 5.35. The van der Waals surface area contributed by atoms with Crippen LogP contribution in [-0.2, 0) is 13.0 Å². The number of nitrogens with one attached hydrogen (secondary N) is 1. The van der Waals surface area contributed by atoms with Gasteiger partial charge in [0.2, 0.25) is 0 Å². The molecule has 1 heterocycles. The van der Waals surface area contributed by atoms with Gasteiger partial charge in [0.15, 0.2) is 4.77 Å². The molecule has 3 unspecified atom stereocenters. The van der Waals surface area contributed by atoms with Crippen molar-refractivity contribution in [3.8, 4) is 0 Å². The lowest BCUT2D eigenvalue weighted by Crippen LogP contribution is -2.18. The van der Waals surface area contributed by atoms with Crippen molar-refractivity contribution in [2.75, 3.05) is 0 Å². The topological polar surface area (TPSA) is 33.6 Å². The third-order valence-corrected chi connectivity index (χ3v) is 4.92. The Balaban J connectivity index is 1.76. The van der Waals surface area contributed by atoms with Crippen LogP contribution in [0, 0.1) is 22.5 Å². The van der Waals surface area contributed by atoms with Gasteiger partial charge in [0, 0.05) is 13.0 Å². The Morgan fingerprint density at radius 1 is 1.41 bits per heavy atom. The molecule has 1 aromatic heterocycles. The Hall–Kier alpha value is -0.640. The van der Waals surface area contributed by atoms with Gasteiger partial charge in [-0.1, -0.05) is 13.3 Å². The molecular weight excluding hydrogens is 230 g/mol. The predicted molar refractivity (Wildman–Crippen MR) is 70.3 cm³/mol. The van der Waals surface area contributed by atoms with E-state index in [0.717, 1.165) is 47.7 Å². The Morgan fingerprint density at radius 3 is 2.94 bits per heavy atom. The fourth-order valence-corrected chi connectivity index (χ4v) is 4.01. The summed E-state index contributed by atoms with van der Waals surface area (Å²) in [6.07, 6.45) is 7.98. The summed E-state index contributed by atoms with van der Waals surface area (Å²) in [5.41, 5.74) is 0. The van der Waals surface area contributed by atoms with Crippen molar-refractivity contribution in [3.63, 3.8) is 0 Å². The molecule has 17 heavy (non-hydrogen) atoms. The summed E-state index contributed by atoms with van der Waals surface area (Å²) in [5.74, 6) is 3.99. The van der Waals surface area contributed by atoms with Crippen molar-refractivity contribution < 1.29 is 0 Å². The van der Waals surface area contributed by atoms with E-state index < -0.39 is 0 Å². The van der Waals surface area contributed by atoms with Crippen molar-refractivity contribution in [1.29, 1.82) is 0 Å². The molecule has 1 N–H and O–H groups in total. The highest BCUT2D eigenvalue weighted by Crippen LogP contribution is 2.48. The minimum atomic E-state index is 0.816. The second kappa shape index (κ2) is 4.56. The van der Waals surface area contributed by atoms with Crippen LogP contribution >= 0.6 is 12.2 Å². The molecule has 94 valence electrons. The second-order valence-electron chi connectivity index (χ2n) is 5.74. The minimum Gasteiger partial charge on any atom is -0.304 e. The zero-order valence-electron chi connectivity index (χ0n) is 10.5. The first-order valence-corrected chi connectivity index (χ1v) is 7.32. The van der Waals surface area contributed by atoms with Gasteiger partial charge >= 0.3 is 0 Å². The average molecular weight is 251 g/mol. The maximum atomic E-state index is 5.35. The summed E-state index contributed by atoms with van der Waals surface area (Å²) in [4.78, 5) is 0. The minimum absolute atomic E-state index is 0.816. The number of nitrogens with zero attached hydrogens (tertiary/aromatic N) is 2. The molecule has 4 heteroatoms. The van der Waals surface area contributed by atoms with E-state index in [0.29, 0.717) is 0 Å². The van der Waals surface area contributed by atoms with Crippen LogP contribution in [0.25, 0.3) is 0 Å². The Labute approximate surface area is 108 Å². The molecule has 0 spiro atoms. The summed E-state index contributed by atoms with van der Waals surface area (Å²) < 4.78 is 3.07. The number of aromatic amines is 1. The molecular formula is C13H21N3S. The number of fused-ring (bicyclic) bond motifs is 2. The van der Waals surface area contributed by atoms with Crippen LogP contribution in [0.2, 0.25) is 0 Å². The van der Waals surface area contributed by atoms with Crippen LogP contribution in [-0.4, -0.2) is 14.8 Å². The van der Waals surface area contributed by atoms with Gasteiger partial charge in [-0.15, -0.1) is 0 Å². The number of hydrogen-bond donors (Lipinski definition) is 1. The highest BCUT2D eigenvalue weighted by molar-refractivity contribution is 7.71. The van der Waals surface area contributed by atoms with Crippen molar-refractivity contribution in [2.45, 2.75) is 52.0 Å². The van der Waals surface area contributed by atoms with Crippen LogP contribution < -0.4 is 0 Å². The first-order chi connectivity index (χ1) is 8.28. The number of hydrogen-bond acceptors (Lipinski definition) is 2. The SMILES string of the molecule is CCCc1n[nH]c(=S)n1CC1CC2CCC1C2. The molecule has 2 saturated carbocycles. The van der Waals surface area contributed by atoms with Gasteiger partial charge in [0.1, 0.15) is 5.82 Å². The van der Waals surface area contributed by atoms with Gasteiger partial charge in [-0.25, -0.2) is 0 Å². The standard InChI is InChI=1S/C13H21N3S/c1-2-3-12-14-15-13(17)16(12)8-11-7-9-4-5-10(11)6-9/h9-11H,2-8H2,1H3,(H,15,17). The summed E-state index contributed by atoms with van der Waals surface area (Å²) in [5, 5.41) is 7.31. The fraction of sp³-hybridized carbons (Fsp3) is 0.846. The summed E-state index contributed by atoms with van der Waals surface area (Å²) in [7, 11) is 0. The highest BCUT2D eigenvalue weighted by atomic mass is 32.1. The lowest BCUT2D eigenvalue weighted by atomic mass is 9.89. The average Bonchev–Trinajstić information content (AvgIpc) is 3.00. The van der Waals surface area contributed by atoms with Gasteiger partial charge < -0.3 is 4.57 Å². The Kier molecular flexibility index (Phi) is 3.07. The molecule has 0 saturated heterocycles. The van der Waals surface area contributed by atoms with Crippen molar-refractivity contribution in [3.05, 3.63) is 10.6 Å². The first kappa shape index (κ1) is 11.5. The first-order valence-electron chi connectivity index (χ1n) is 6.92. The van der Waals surface area contributed by atoms with E-state index in [2.05, 4.69) is 21.7 Å². The Morgan fingerprint density at radius 2 is 2.29 bits per heavy atom.